The first-order chi connectivity index (χ1) is 26.1. The Labute approximate surface area is 309 Å². The van der Waals surface area contributed by atoms with E-state index < -0.39 is 133 Å². The number of hydrogen-bond acceptors (Lipinski definition) is 21. The lowest BCUT2D eigenvalue weighted by atomic mass is 9.97. The summed E-state index contributed by atoms with van der Waals surface area (Å²) in [6, 6.07) is 5.80. The highest BCUT2D eigenvalue weighted by Gasteiger charge is 2.52. The SMILES string of the molecule is COc1cc(-c2oc3cc(O[C@@H]4OC(C)[C@H](O)[C@H](O)C4O)cc(O)c3c(=O)c2O[C@@H]2OC(CO)[C@@H](O)C(O)C2O[C@@H]2OC(CO)[C@@H](O)C(O)[C@H]2O)ccc1O. The first-order valence-corrected chi connectivity index (χ1v) is 16.9. The average molecular weight is 787 g/mol. The Bertz CT molecular complexity index is 1870. The van der Waals surface area contributed by atoms with E-state index in [2.05, 4.69) is 0 Å². The normalized spacial score (nSPS) is 36.8. The Morgan fingerprint density at radius 3 is 1.95 bits per heavy atom. The molecule has 0 radical (unpaired) electrons. The number of aliphatic hydroxyl groups excluding tert-OH is 10. The van der Waals surface area contributed by atoms with Crippen molar-refractivity contribution in [3.05, 3.63) is 40.6 Å². The van der Waals surface area contributed by atoms with Crippen LogP contribution in [-0.2, 0) is 18.9 Å². The van der Waals surface area contributed by atoms with Gasteiger partial charge in [-0.05, 0) is 25.1 Å². The molecule has 21 nitrogen and oxygen atoms in total. The Hall–Kier alpha value is -3.91. The molecule has 3 aliphatic heterocycles. The van der Waals surface area contributed by atoms with Gasteiger partial charge in [-0.25, -0.2) is 0 Å². The second-order valence-electron chi connectivity index (χ2n) is 13.2. The van der Waals surface area contributed by atoms with E-state index in [4.69, 9.17) is 37.6 Å². The highest BCUT2D eigenvalue weighted by atomic mass is 16.8. The summed E-state index contributed by atoms with van der Waals surface area (Å²) in [4.78, 5) is 14.3. The van der Waals surface area contributed by atoms with Crippen LogP contribution in [0.5, 0.6) is 28.7 Å². The van der Waals surface area contributed by atoms with Gasteiger partial charge in [0.1, 0.15) is 83.5 Å². The molecule has 0 aliphatic carbocycles. The first kappa shape index (κ1) is 40.7. The van der Waals surface area contributed by atoms with E-state index in [1.165, 1.54) is 32.2 Å². The van der Waals surface area contributed by atoms with Crippen molar-refractivity contribution in [1.29, 1.82) is 0 Å². The Morgan fingerprint density at radius 2 is 1.29 bits per heavy atom. The maximum atomic E-state index is 14.3. The van der Waals surface area contributed by atoms with Crippen LogP contribution in [0.2, 0.25) is 0 Å². The zero-order chi connectivity index (χ0) is 40.0. The summed E-state index contributed by atoms with van der Waals surface area (Å²) in [5, 5.41) is 124. The largest absolute Gasteiger partial charge is 0.507 e. The quantitative estimate of drug-likeness (QED) is 0.0934. The Kier molecular flexibility index (Phi) is 12.1. The number of aliphatic hydroxyl groups is 10. The van der Waals surface area contributed by atoms with E-state index in [9.17, 15) is 66.1 Å². The van der Waals surface area contributed by atoms with Crippen molar-refractivity contribution in [1.82, 2.24) is 0 Å². The molecule has 55 heavy (non-hydrogen) atoms. The summed E-state index contributed by atoms with van der Waals surface area (Å²) >= 11 is 0. The van der Waals surface area contributed by atoms with Crippen molar-refractivity contribution in [3.63, 3.8) is 0 Å². The van der Waals surface area contributed by atoms with Crippen LogP contribution in [-0.4, -0.2) is 174 Å². The van der Waals surface area contributed by atoms with Gasteiger partial charge in [0, 0.05) is 17.7 Å². The lowest BCUT2D eigenvalue weighted by molar-refractivity contribution is -0.358. The minimum absolute atomic E-state index is 0.00735. The molecule has 6 rings (SSSR count). The summed E-state index contributed by atoms with van der Waals surface area (Å²) in [6.45, 7) is -0.308. The second-order valence-corrected chi connectivity index (χ2v) is 13.2. The van der Waals surface area contributed by atoms with Crippen LogP contribution < -0.4 is 19.6 Å². The first-order valence-electron chi connectivity index (χ1n) is 16.9. The Morgan fingerprint density at radius 1 is 0.673 bits per heavy atom. The molecular formula is C34H42O21. The van der Waals surface area contributed by atoms with Gasteiger partial charge in [-0.15, -0.1) is 0 Å². The zero-order valence-electron chi connectivity index (χ0n) is 29.0. The van der Waals surface area contributed by atoms with E-state index in [0.29, 0.717) is 0 Å². The van der Waals surface area contributed by atoms with Gasteiger partial charge in [0.15, 0.2) is 29.7 Å². The molecule has 304 valence electrons. The van der Waals surface area contributed by atoms with Gasteiger partial charge in [-0.3, -0.25) is 4.79 Å². The molecule has 1 aromatic heterocycles. The van der Waals surface area contributed by atoms with Crippen LogP contribution in [0.4, 0.5) is 0 Å². The summed E-state index contributed by atoms with van der Waals surface area (Å²) in [5.41, 5.74) is -1.44. The van der Waals surface area contributed by atoms with E-state index in [1.807, 2.05) is 0 Å². The summed E-state index contributed by atoms with van der Waals surface area (Å²) in [7, 11) is 1.24. The van der Waals surface area contributed by atoms with E-state index in [1.54, 1.807) is 0 Å². The molecule has 4 heterocycles. The predicted octanol–water partition coefficient (Wildman–Crippen LogP) is -3.91. The molecule has 0 spiro atoms. The highest BCUT2D eigenvalue weighted by Crippen LogP contribution is 2.41. The standard InChI is InChI=1S/C34H42O21/c1-10-20(39)24(43)27(46)32(49-10)50-12-6-14(38)19-16(7-12)51-29(11-3-4-13(37)15(5-11)48-2)30(23(19)42)54-34-31(26(45)22(41)18(9-36)53-34)55-33-28(47)25(44)21(40)17(8-35)52-33/h3-7,10,17-18,20-22,24-28,31-41,43-47H,8-9H2,1-2H3/t10?,17?,18?,20-,21+,22+,24-,25?,26?,27?,28+,31?,32-,33-,34-/m0/s1. The van der Waals surface area contributed by atoms with Crippen molar-refractivity contribution < 1.29 is 98.9 Å². The van der Waals surface area contributed by atoms with Crippen LogP contribution in [0, 0.1) is 0 Å². The molecule has 15 atom stereocenters. The van der Waals surface area contributed by atoms with E-state index in [0.717, 1.165) is 12.1 Å². The number of methoxy groups -OCH3 is 1. The van der Waals surface area contributed by atoms with Gasteiger partial charge in [-0.2, -0.15) is 0 Å². The van der Waals surface area contributed by atoms with E-state index in [-0.39, 0.29) is 28.4 Å². The van der Waals surface area contributed by atoms with Crippen molar-refractivity contribution in [2.75, 3.05) is 20.3 Å². The van der Waals surface area contributed by atoms with Crippen molar-refractivity contribution >= 4 is 11.0 Å². The van der Waals surface area contributed by atoms with Gasteiger partial charge in [0.25, 0.3) is 0 Å². The third kappa shape index (κ3) is 7.65. The summed E-state index contributed by atoms with van der Waals surface area (Å²) in [6.07, 6.45) is -25.7. The maximum absolute atomic E-state index is 14.3. The predicted molar refractivity (Wildman–Crippen MR) is 178 cm³/mol. The molecular weight excluding hydrogens is 744 g/mol. The number of ether oxygens (including phenoxy) is 7. The number of benzene rings is 2. The molecule has 3 aromatic rings. The fourth-order valence-corrected chi connectivity index (χ4v) is 6.43. The molecule has 0 amide bonds. The van der Waals surface area contributed by atoms with Crippen LogP contribution in [0.3, 0.4) is 0 Å². The fourth-order valence-electron chi connectivity index (χ4n) is 6.43. The maximum Gasteiger partial charge on any atom is 0.239 e. The van der Waals surface area contributed by atoms with Crippen LogP contribution in [0.1, 0.15) is 6.92 Å². The van der Waals surface area contributed by atoms with Gasteiger partial charge >= 0.3 is 0 Å². The van der Waals surface area contributed by atoms with Gasteiger partial charge < -0.3 is 98.9 Å². The fraction of sp³-hybridized carbons (Fsp3) is 0.559. The van der Waals surface area contributed by atoms with Gasteiger partial charge in [0.2, 0.25) is 23.8 Å². The number of hydrogen-bond donors (Lipinski definition) is 12. The average Bonchev–Trinajstić information content (AvgIpc) is 3.16. The molecule has 3 fully saturated rings. The zero-order valence-corrected chi connectivity index (χ0v) is 29.0. The molecule has 12 N–H and O–H groups in total. The highest BCUT2D eigenvalue weighted by molar-refractivity contribution is 5.88. The molecule has 3 saturated heterocycles. The number of aromatic hydroxyl groups is 2. The van der Waals surface area contributed by atoms with Gasteiger partial charge in [-0.1, -0.05) is 0 Å². The lowest BCUT2D eigenvalue weighted by Crippen LogP contribution is -2.65. The molecule has 3 aliphatic rings. The monoisotopic (exact) mass is 786 g/mol. The van der Waals surface area contributed by atoms with Crippen molar-refractivity contribution in [2.24, 2.45) is 0 Å². The van der Waals surface area contributed by atoms with Gasteiger partial charge in [0.05, 0.1) is 26.4 Å². The number of rotatable bonds is 10. The third-order valence-corrected chi connectivity index (χ3v) is 9.61. The molecule has 2 aromatic carbocycles. The minimum atomic E-state index is -2.01. The van der Waals surface area contributed by atoms with Crippen molar-refractivity contribution in [3.8, 4) is 40.1 Å². The summed E-state index contributed by atoms with van der Waals surface area (Å²) < 4.78 is 45.2. The molecule has 0 saturated carbocycles. The van der Waals surface area contributed by atoms with Crippen molar-refractivity contribution in [2.45, 2.75) is 99.0 Å². The number of fused-ring (bicyclic) bond motifs is 1. The van der Waals surface area contributed by atoms with Crippen LogP contribution in [0.25, 0.3) is 22.3 Å². The molecule has 7 unspecified atom stereocenters. The number of phenolic OH excluding ortho intramolecular Hbond substituents is 2. The molecule has 21 heteroatoms. The lowest BCUT2D eigenvalue weighted by Gasteiger charge is -2.45. The van der Waals surface area contributed by atoms with Crippen LogP contribution >= 0.6 is 0 Å². The minimum Gasteiger partial charge on any atom is -0.507 e. The third-order valence-electron chi connectivity index (χ3n) is 9.61. The molecule has 0 bridgehead atoms. The topological polar surface area (TPSA) is 338 Å². The summed E-state index contributed by atoms with van der Waals surface area (Å²) in [5.74, 6) is -2.58. The van der Waals surface area contributed by atoms with E-state index >= 15 is 0 Å². The smallest absolute Gasteiger partial charge is 0.239 e. The number of phenols is 2. The second kappa shape index (κ2) is 16.3. The van der Waals surface area contributed by atoms with Crippen LogP contribution in [0.15, 0.2) is 39.5 Å². The Balaban J connectivity index is 1.44.